The van der Waals surface area contributed by atoms with E-state index in [1.807, 2.05) is 0 Å². The van der Waals surface area contributed by atoms with E-state index in [2.05, 4.69) is 9.92 Å². The number of hydrogen-bond donors (Lipinski definition) is 4. The molecule has 15 heavy (non-hydrogen) atoms. The Labute approximate surface area is 87.6 Å². The number of carboxylic acid groups (broad SMARTS) is 1. The normalized spacial score (nSPS) is 16.9. The van der Waals surface area contributed by atoms with Crippen LogP contribution in [-0.2, 0) is 19.4 Å². The Balaban J connectivity index is 0. The second kappa shape index (κ2) is 5.98. The topological polar surface area (TPSA) is 147 Å². The average molecular weight is 245 g/mol. The van der Waals surface area contributed by atoms with Crippen molar-refractivity contribution in [2.45, 2.75) is 19.6 Å². The summed E-state index contributed by atoms with van der Waals surface area (Å²) in [7, 11) is -3.37. The predicted octanol–water partition coefficient (Wildman–Crippen LogP) is -1.19. The third kappa shape index (κ3) is 7.22. The lowest BCUT2D eigenvalue weighted by molar-refractivity contribution is -0.183. The summed E-state index contributed by atoms with van der Waals surface area (Å²) >= 11 is 0. The van der Waals surface area contributed by atoms with Crippen molar-refractivity contribution in [1.29, 1.82) is 0 Å². The summed E-state index contributed by atoms with van der Waals surface area (Å²) in [5, 5.41) is 17.5. The number of nitrogens with two attached hydrogens (primary N) is 1. The van der Waals surface area contributed by atoms with Gasteiger partial charge in [-0.3, -0.25) is 9.35 Å². The van der Waals surface area contributed by atoms with Crippen molar-refractivity contribution in [3.63, 3.8) is 0 Å². The minimum atomic E-state index is -4.87. The van der Waals surface area contributed by atoms with Gasteiger partial charge in [0.15, 0.2) is 5.79 Å². The molecule has 0 saturated heterocycles. The molecule has 8 nitrogen and oxygen atoms in total. The third-order valence-corrected chi connectivity index (χ3v) is 2.00. The van der Waals surface area contributed by atoms with E-state index < -0.39 is 28.1 Å². The summed E-state index contributed by atoms with van der Waals surface area (Å²) in [6.45, 7) is 1.85. The van der Waals surface area contributed by atoms with E-state index in [0.717, 1.165) is 13.8 Å². The van der Waals surface area contributed by atoms with Gasteiger partial charge >= 0.3 is 16.4 Å². The van der Waals surface area contributed by atoms with Crippen LogP contribution in [0.15, 0.2) is 0 Å². The molecule has 0 bridgehead atoms. The highest BCUT2D eigenvalue weighted by atomic mass is 32.3. The van der Waals surface area contributed by atoms with E-state index in [4.69, 9.17) is 14.8 Å². The summed E-state index contributed by atoms with van der Waals surface area (Å²) in [6, 6.07) is 0. The summed E-state index contributed by atoms with van der Waals surface area (Å²) in [5.41, 5.74) is 4.50. The molecule has 0 radical (unpaired) electrons. The Hall–Kier alpha value is -0.740. The lowest BCUT2D eigenvalue weighted by Gasteiger charge is -2.24. The van der Waals surface area contributed by atoms with Gasteiger partial charge in [-0.15, -0.1) is 0 Å². The first-order valence-corrected chi connectivity index (χ1v) is 5.14. The molecule has 0 saturated carbocycles. The number of aliphatic hydroxyl groups is 1. The number of hydrogen-bond acceptors (Lipinski definition) is 6. The van der Waals surface area contributed by atoms with Crippen molar-refractivity contribution in [2.75, 3.05) is 7.05 Å². The molecule has 0 aliphatic rings. The zero-order valence-electron chi connectivity index (χ0n) is 8.54. The molecule has 2 unspecified atom stereocenters. The molecule has 5 N–H and O–H groups in total. The van der Waals surface area contributed by atoms with E-state index in [1.54, 1.807) is 0 Å². The molecule has 0 fully saturated rings. The maximum absolute atomic E-state index is 10.3. The van der Waals surface area contributed by atoms with Crippen molar-refractivity contribution in [2.24, 2.45) is 11.7 Å². The van der Waals surface area contributed by atoms with Crippen LogP contribution in [0.25, 0.3) is 0 Å². The minimum Gasteiger partial charge on any atom is -0.481 e. The van der Waals surface area contributed by atoms with Crippen LogP contribution in [-0.4, -0.2) is 42.0 Å². The highest BCUT2D eigenvalue weighted by molar-refractivity contribution is 7.80. The third-order valence-electron chi connectivity index (χ3n) is 1.45. The van der Waals surface area contributed by atoms with Crippen LogP contribution in [0.3, 0.4) is 0 Å². The molecule has 0 aromatic carbocycles. The van der Waals surface area contributed by atoms with Crippen LogP contribution in [0.1, 0.15) is 13.8 Å². The molecule has 0 rings (SSSR count). The smallest absolute Gasteiger partial charge is 0.400 e. The Morgan fingerprint density at radius 1 is 1.47 bits per heavy atom. The van der Waals surface area contributed by atoms with E-state index in [0.29, 0.717) is 0 Å². The molecule has 0 spiro atoms. The first kappa shape index (κ1) is 16.7. The van der Waals surface area contributed by atoms with Crippen LogP contribution in [0.5, 0.6) is 0 Å². The number of carboxylic acids is 1. The quantitative estimate of drug-likeness (QED) is 0.357. The Morgan fingerprint density at radius 2 is 1.80 bits per heavy atom. The Morgan fingerprint density at radius 3 is 2.00 bits per heavy atom. The van der Waals surface area contributed by atoms with Crippen LogP contribution in [0.2, 0.25) is 0 Å². The van der Waals surface area contributed by atoms with Gasteiger partial charge in [0.1, 0.15) is 5.92 Å². The standard InChI is InChI=1S/C5H10O7S.CH5N/c1-3(4(6)7)5(2,8)12-13(9,10)11;1-2/h3,8H,1-2H3,(H,6,7)(H,9,10,11);2H2,1H3. The molecular formula is C6H15NO7S. The highest BCUT2D eigenvalue weighted by Crippen LogP contribution is 2.20. The van der Waals surface area contributed by atoms with Crippen molar-refractivity contribution < 1.29 is 32.2 Å². The molecule has 9 heteroatoms. The van der Waals surface area contributed by atoms with Gasteiger partial charge in [-0.2, -0.15) is 8.42 Å². The monoisotopic (exact) mass is 245 g/mol. The second-order valence-corrected chi connectivity index (χ2v) is 3.65. The fraction of sp³-hybridized carbons (Fsp3) is 0.833. The van der Waals surface area contributed by atoms with Gasteiger partial charge in [0, 0.05) is 0 Å². The Kier molecular flexibility index (Phi) is 6.65. The number of aliphatic carboxylic acids is 1. The van der Waals surface area contributed by atoms with Crippen LogP contribution in [0, 0.1) is 5.92 Å². The van der Waals surface area contributed by atoms with E-state index in [1.165, 1.54) is 7.05 Å². The summed E-state index contributed by atoms with van der Waals surface area (Å²) in [5.74, 6) is -5.41. The van der Waals surface area contributed by atoms with Crippen LogP contribution < -0.4 is 5.73 Å². The zero-order valence-corrected chi connectivity index (χ0v) is 9.35. The lowest BCUT2D eigenvalue weighted by atomic mass is 10.0. The van der Waals surface area contributed by atoms with Gasteiger partial charge in [-0.25, -0.2) is 4.18 Å². The van der Waals surface area contributed by atoms with Gasteiger partial charge in [-0.1, -0.05) is 0 Å². The largest absolute Gasteiger partial charge is 0.481 e. The van der Waals surface area contributed by atoms with Gasteiger partial charge < -0.3 is 15.9 Å². The van der Waals surface area contributed by atoms with Gasteiger partial charge in [0.2, 0.25) is 0 Å². The van der Waals surface area contributed by atoms with E-state index in [-0.39, 0.29) is 0 Å². The molecular weight excluding hydrogens is 230 g/mol. The zero-order chi connectivity index (χ0) is 12.9. The highest BCUT2D eigenvalue weighted by Gasteiger charge is 2.38. The molecule has 0 amide bonds. The lowest BCUT2D eigenvalue weighted by Crippen LogP contribution is -2.41. The average Bonchev–Trinajstić information content (AvgIpc) is 2.02. The van der Waals surface area contributed by atoms with Crippen LogP contribution in [0.4, 0.5) is 0 Å². The van der Waals surface area contributed by atoms with Gasteiger partial charge in [-0.05, 0) is 20.9 Å². The number of carbonyl (C=O) groups is 1. The summed E-state index contributed by atoms with van der Waals surface area (Å²) in [4.78, 5) is 10.3. The minimum absolute atomic E-state index is 0.819. The predicted molar refractivity (Wildman–Crippen MR) is 50.2 cm³/mol. The van der Waals surface area contributed by atoms with Crippen LogP contribution >= 0.6 is 0 Å². The molecule has 0 aliphatic carbocycles. The molecule has 92 valence electrons. The fourth-order valence-electron chi connectivity index (χ4n) is 0.514. The van der Waals surface area contributed by atoms with Crippen molar-refractivity contribution in [3.05, 3.63) is 0 Å². The van der Waals surface area contributed by atoms with Gasteiger partial charge in [0.25, 0.3) is 0 Å². The van der Waals surface area contributed by atoms with Crippen molar-refractivity contribution in [3.8, 4) is 0 Å². The first-order chi connectivity index (χ1) is 6.56. The fourth-order valence-corrected chi connectivity index (χ4v) is 1.09. The second-order valence-electron chi connectivity index (χ2n) is 2.63. The van der Waals surface area contributed by atoms with E-state index >= 15 is 0 Å². The molecule has 2 atom stereocenters. The SMILES string of the molecule is CC(C(=O)O)C(C)(O)OS(=O)(=O)O.CN. The summed E-state index contributed by atoms with van der Waals surface area (Å²) in [6.07, 6.45) is 0. The Bertz CT molecular complexity index is 297. The van der Waals surface area contributed by atoms with E-state index in [9.17, 15) is 13.2 Å². The van der Waals surface area contributed by atoms with Crippen molar-refractivity contribution in [1.82, 2.24) is 0 Å². The van der Waals surface area contributed by atoms with Gasteiger partial charge in [0.05, 0.1) is 0 Å². The molecule has 0 aromatic rings. The maximum Gasteiger partial charge on any atom is 0.400 e. The maximum atomic E-state index is 10.3. The molecule has 0 heterocycles. The molecule has 0 aromatic heterocycles. The number of rotatable bonds is 4. The first-order valence-electron chi connectivity index (χ1n) is 3.77. The van der Waals surface area contributed by atoms with Crippen molar-refractivity contribution >= 4 is 16.4 Å². The summed E-state index contributed by atoms with van der Waals surface area (Å²) < 4.78 is 32.2. The molecule has 0 aliphatic heterocycles.